The number of methoxy groups -OCH3 is 1. The predicted octanol–water partition coefficient (Wildman–Crippen LogP) is 2.53. The molecule has 0 N–H and O–H groups in total. The molecule has 0 saturated heterocycles. The Hall–Kier alpha value is -1.55. The molecule has 1 heterocycles. The van der Waals surface area contributed by atoms with Crippen molar-refractivity contribution in [3.8, 4) is 0 Å². The Morgan fingerprint density at radius 3 is 3.00 bits per heavy atom. The largest absolute Gasteiger partial charge is 0.501 e. The van der Waals surface area contributed by atoms with Crippen LogP contribution >= 0.6 is 11.6 Å². The number of pyridine rings is 1. The van der Waals surface area contributed by atoms with Crippen molar-refractivity contribution in [1.29, 1.82) is 0 Å². The number of carbonyl (C=O) groups excluding carboxylic acids is 1. The highest BCUT2D eigenvalue weighted by molar-refractivity contribution is 6.29. The molecule has 0 aliphatic heterocycles. The second kappa shape index (κ2) is 6.12. The molecular formula is C11H12ClNO3. The Balaban J connectivity index is 3.02. The van der Waals surface area contributed by atoms with Crippen LogP contribution in [0.3, 0.4) is 0 Å². The fourth-order valence-corrected chi connectivity index (χ4v) is 1.24. The molecule has 16 heavy (non-hydrogen) atoms. The van der Waals surface area contributed by atoms with E-state index in [0.717, 1.165) is 0 Å². The zero-order chi connectivity index (χ0) is 12.0. The summed E-state index contributed by atoms with van der Waals surface area (Å²) in [4.78, 5) is 15.3. The molecule has 1 aromatic rings. The lowest BCUT2D eigenvalue weighted by atomic mass is 10.1. The van der Waals surface area contributed by atoms with Crippen molar-refractivity contribution in [3.63, 3.8) is 0 Å². The van der Waals surface area contributed by atoms with Crippen LogP contribution in [0.2, 0.25) is 5.15 Å². The Morgan fingerprint density at radius 2 is 2.38 bits per heavy atom. The van der Waals surface area contributed by atoms with Gasteiger partial charge in [-0.1, -0.05) is 11.6 Å². The molecule has 0 aromatic carbocycles. The van der Waals surface area contributed by atoms with Gasteiger partial charge in [-0.2, -0.15) is 0 Å². The molecule has 1 rings (SSSR count). The molecule has 1 aromatic heterocycles. The predicted molar refractivity (Wildman–Crippen MR) is 61.2 cm³/mol. The molecule has 0 bridgehead atoms. The van der Waals surface area contributed by atoms with Crippen LogP contribution in [0.5, 0.6) is 0 Å². The average Bonchev–Trinajstić information content (AvgIpc) is 2.30. The smallest absolute Gasteiger partial charge is 0.338 e. The van der Waals surface area contributed by atoms with Crippen LogP contribution in [0, 0.1) is 0 Å². The van der Waals surface area contributed by atoms with E-state index in [9.17, 15) is 4.79 Å². The highest BCUT2D eigenvalue weighted by atomic mass is 35.5. The van der Waals surface area contributed by atoms with Crippen LogP contribution in [0.1, 0.15) is 22.8 Å². The van der Waals surface area contributed by atoms with Crippen molar-refractivity contribution in [2.24, 2.45) is 0 Å². The topological polar surface area (TPSA) is 48.4 Å². The van der Waals surface area contributed by atoms with Crippen LogP contribution in [0.15, 0.2) is 18.5 Å². The van der Waals surface area contributed by atoms with Crippen molar-refractivity contribution >= 4 is 23.6 Å². The zero-order valence-electron chi connectivity index (χ0n) is 9.07. The van der Waals surface area contributed by atoms with Crippen LogP contribution in [-0.4, -0.2) is 24.7 Å². The lowest BCUT2D eigenvalue weighted by Gasteiger charge is -2.03. The van der Waals surface area contributed by atoms with Gasteiger partial charge in [0.25, 0.3) is 0 Å². The van der Waals surface area contributed by atoms with Gasteiger partial charge >= 0.3 is 5.97 Å². The van der Waals surface area contributed by atoms with Gasteiger partial charge in [0.05, 0.1) is 25.5 Å². The summed E-state index contributed by atoms with van der Waals surface area (Å²) < 4.78 is 9.68. The quantitative estimate of drug-likeness (QED) is 0.462. The first-order valence-corrected chi connectivity index (χ1v) is 5.08. The fraction of sp³-hybridized carbons (Fsp3) is 0.273. The highest BCUT2D eigenvalue weighted by Crippen LogP contribution is 2.15. The van der Waals surface area contributed by atoms with E-state index in [4.69, 9.17) is 16.3 Å². The van der Waals surface area contributed by atoms with Gasteiger partial charge in [-0.15, -0.1) is 0 Å². The maximum Gasteiger partial charge on any atom is 0.338 e. The number of halogens is 1. The van der Waals surface area contributed by atoms with E-state index in [-0.39, 0.29) is 5.15 Å². The van der Waals surface area contributed by atoms with Crippen LogP contribution in [-0.2, 0) is 9.47 Å². The molecule has 0 atom stereocenters. The van der Waals surface area contributed by atoms with Gasteiger partial charge in [0.2, 0.25) is 0 Å². The third-order valence-electron chi connectivity index (χ3n) is 1.82. The van der Waals surface area contributed by atoms with Crippen molar-refractivity contribution in [1.82, 2.24) is 4.98 Å². The number of ether oxygens (including phenoxy) is 2. The molecule has 86 valence electrons. The molecule has 0 fully saturated rings. The lowest BCUT2D eigenvalue weighted by Crippen LogP contribution is -2.04. The standard InChI is InChI=1S/C11H12ClNO3/c1-3-16-5-4-8-7-13-10(12)6-9(8)11(14)15-2/h4-7H,3H2,1-2H3/b5-4+. The second-order valence-electron chi connectivity index (χ2n) is 2.84. The van der Waals surface area contributed by atoms with Crippen molar-refractivity contribution in [2.45, 2.75) is 6.92 Å². The Kier molecular flexibility index (Phi) is 4.79. The van der Waals surface area contributed by atoms with Gasteiger partial charge in [-0.3, -0.25) is 0 Å². The first-order chi connectivity index (χ1) is 7.69. The summed E-state index contributed by atoms with van der Waals surface area (Å²) in [5.74, 6) is -0.458. The van der Waals surface area contributed by atoms with E-state index >= 15 is 0 Å². The maximum atomic E-state index is 11.4. The van der Waals surface area contributed by atoms with E-state index in [1.807, 2.05) is 6.92 Å². The summed E-state index contributed by atoms with van der Waals surface area (Å²) in [7, 11) is 1.31. The number of hydrogen-bond donors (Lipinski definition) is 0. The van der Waals surface area contributed by atoms with Crippen molar-refractivity contribution in [2.75, 3.05) is 13.7 Å². The minimum Gasteiger partial charge on any atom is -0.501 e. The van der Waals surface area contributed by atoms with Crippen LogP contribution in [0.4, 0.5) is 0 Å². The number of rotatable bonds is 4. The summed E-state index contributed by atoms with van der Waals surface area (Å²) in [6.07, 6.45) is 4.63. The first kappa shape index (κ1) is 12.5. The summed E-state index contributed by atoms with van der Waals surface area (Å²) in [6.45, 7) is 2.43. The molecule has 0 radical (unpaired) electrons. The molecular weight excluding hydrogens is 230 g/mol. The van der Waals surface area contributed by atoms with Crippen LogP contribution in [0.25, 0.3) is 6.08 Å². The molecule has 0 aliphatic rings. The monoisotopic (exact) mass is 241 g/mol. The molecule has 4 nitrogen and oxygen atoms in total. The Morgan fingerprint density at radius 1 is 1.62 bits per heavy atom. The van der Waals surface area contributed by atoms with Gasteiger partial charge in [0, 0.05) is 11.8 Å². The lowest BCUT2D eigenvalue weighted by molar-refractivity contribution is 0.0600. The van der Waals surface area contributed by atoms with E-state index in [1.54, 1.807) is 6.08 Å². The van der Waals surface area contributed by atoms with Crippen molar-refractivity contribution in [3.05, 3.63) is 34.8 Å². The van der Waals surface area contributed by atoms with Gasteiger partial charge in [-0.25, -0.2) is 9.78 Å². The molecule has 0 unspecified atom stereocenters. The number of esters is 1. The summed E-state index contributed by atoms with van der Waals surface area (Å²) in [6, 6.07) is 1.46. The summed E-state index contributed by atoms with van der Waals surface area (Å²) >= 11 is 5.70. The van der Waals surface area contributed by atoms with E-state index in [0.29, 0.717) is 17.7 Å². The number of nitrogens with zero attached hydrogens (tertiary/aromatic N) is 1. The summed E-state index contributed by atoms with van der Waals surface area (Å²) in [5.41, 5.74) is 0.961. The molecule has 0 saturated carbocycles. The average molecular weight is 242 g/mol. The first-order valence-electron chi connectivity index (χ1n) is 4.71. The zero-order valence-corrected chi connectivity index (χ0v) is 9.82. The SMILES string of the molecule is CCO/C=C/c1cnc(Cl)cc1C(=O)OC. The fourth-order valence-electron chi connectivity index (χ4n) is 1.08. The third-order valence-corrected chi connectivity index (χ3v) is 2.02. The van der Waals surface area contributed by atoms with E-state index in [1.165, 1.54) is 25.6 Å². The normalized spacial score (nSPS) is 10.4. The number of carbonyl (C=O) groups is 1. The third kappa shape index (κ3) is 3.24. The molecule has 0 amide bonds. The van der Waals surface area contributed by atoms with Gasteiger partial charge < -0.3 is 9.47 Å². The minimum atomic E-state index is -0.458. The van der Waals surface area contributed by atoms with E-state index < -0.39 is 5.97 Å². The molecule has 0 spiro atoms. The molecule has 5 heteroatoms. The number of aromatic nitrogens is 1. The Bertz CT molecular complexity index is 404. The molecule has 0 aliphatic carbocycles. The van der Waals surface area contributed by atoms with Gasteiger partial charge in [-0.05, 0) is 19.1 Å². The Labute approximate surface area is 98.8 Å². The second-order valence-corrected chi connectivity index (χ2v) is 3.23. The minimum absolute atomic E-state index is 0.244. The maximum absolute atomic E-state index is 11.4. The number of hydrogen-bond acceptors (Lipinski definition) is 4. The summed E-state index contributed by atoms with van der Waals surface area (Å²) in [5, 5.41) is 0.244. The van der Waals surface area contributed by atoms with Crippen molar-refractivity contribution < 1.29 is 14.3 Å². The van der Waals surface area contributed by atoms with Gasteiger partial charge in [0.15, 0.2) is 0 Å². The van der Waals surface area contributed by atoms with E-state index in [2.05, 4.69) is 9.72 Å². The van der Waals surface area contributed by atoms with Crippen LogP contribution < -0.4 is 0 Å². The highest BCUT2D eigenvalue weighted by Gasteiger charge is 2.11. The van der Waals surface area contributed by atoms with Gasteiger partial charge in [0.1, 0.15) is 5.15 Å².